The second-order valence-electron chi connectivity index (χ2n) is 5.27. The SMILES string of the molecule is Cc1ccc(CC(=O)Nc2nc3ccc(Cl)cc3s2)cc1C. The Morgan fingerprint density at radius 2 is 2.00 bits per heavy atom. The minimum atomic E-state index is -0.0617. The molecular formula is C17H15ClN2OS. The van der Waals surface area contributed by atoms with Crippen LogP contribution in [0.2, 0.25) is 5.02 Å². The van der Waals surface area contributed by atoms with Crippen molar-refractivity contribution in [3.05, 3.63) is 58.1 Å². The molecule has 0 spiro atoms. The maximum absolute atomic E-state index is 12.2. The van der Waals surface area contributed by atoms with Gasteiger partial charge >= 0.3 is 0 Å². The molecule has 3 aromatic rings. The molecule has 3 nitrogen and oxygen atoms in total. The summed E-state index contributed by atoms with van der Waals surface area (Å²) in [6.45, 7) is 4.11. The lowest BCUT2D eigenvalue weighted by Gasteiger charge is -2.05. The normalized spacial score (nSPS) is 10.9. The number of carbonyl (C=O) groups excluding carboxylic acids is 1. The van der Waals surface area contributed by atoms with Crippen LogP contribution in [0.5, 0.6) is 0 Å². The number of nitrogens with one attached hydrogen (secondary N) is 1. The fourth-order valence-electron chi connectivity index (χ4n) is 2.21. The number of benzene rings is 2. The molecule has 2 aromatic carbocycles. The summed E-state index contributed by atoms with van der Waals surface area (Å²) in [5.74, 6) is -0.0617. The molecule has 0 unspecified atom stereocenters. The maximum Gasteiger partial charge on any atom is 0.230 e. The number of nitrogens with zero attached hydrogens (tertiary/aromatic N) is 1. The Hall–Kier alpha value is -1.91. The first kappa shape index (κ1) is 15.0. The molecule has 0 aliphatic carbocycles. The highest BCUT2D eigenvalue weighted by Crippen LogP contribution is 2.28. The van der Waals surface area contributed by atoms with Crippen LogP contribution in [0.25, 0.3) is 10.2 Å². The molecule has 0 radical (unpaired) electrons. The van der Waals surface area contributed by atoms with E-state index in [-0.39, 0.29) is 5.91 Å². The third-order valence-electron chi connectivity index (χ3n) is 3.53. The number of aromatic nitrogens is 1. The van der Waals surface area contributed by atoms with Gasteiger partial charge in [0.15, 0.2) is 5.13 Å². The van der Waals surface area contributed by atoms with Gasteiger partial charge in [-0.3, -0.25) is 4.79 Å². The van der Waals surface area contributed by atoms with Gasteiger partial charge in [-0.1, -0.05) is 41.1 Å². The van der Waals surface area contributed by atoms with Crippen molar-refractivity contribution in [2.45, 2.75) is 20.3 Å². The molecule has 0 aliphatic rings. The number of aryl methyl sites for hydroxylation is 2. The van der Waals surface area contributed by atoms with Crippen LogP contribution >= 0.6 is 22.9 Å². The molecule has 22 heavy (non-hydrogen) atoms. The number of rotatable bonds is 3. The summed E-state index contributed by atoms with van der Waals surface area (Å²) in [4.78, 5) is 16.5. The minimum absolute atomic E-state index is 0.0617. The minimum Gasteiger partial charge on any atom is -0.302 e. The lowest BCUT2D eigenvalue weighted by atomic mass is 10.0. The largest absolute Gasteiger partial charge is 0.302 e. The van der Waals surface area contributed by atoms with Gasteiger partial charge in [0.1, 0.15) is 0 Å². The van der Waals surface area contributed by atoms with Gasteiger partial charge in [-0.2, -0.15) is 0 Å². The van der Waals surface area contributed by atoms with Gasteiger partial charge in [0.05, 0.1) is 16.6 Å². The predicted molar refractivity (Wildman–Crippen MR) is 92.9 cm³/mol. The van der Waals surface area contributed by atoms with E-state index < -0.39 is 0 Å². The maximum atomic E-state index is 12.2. The van der Waals surface area contributed by atoms with Crippen molar-refractivity contribution in [2.75, 3.05) is 5.32 Å². The van der Waals surface area contributed by atoms with E-state index in [1.165, 1.54) is 22.5 Å². The Bertz CT molecular complexity index is 857. The van der Waals surface area contributed by atoms with Crippen molar-refractivity contribution in [2.24, 2.45) is 0 Å². The van der Waals surface area contributed by atoms with Gasteiger partial charge in [-0.05, 0) is 48.7 Å². The second-order valence-corrected chi connectivity index (χ2v) is 6.74. The smallest absolute Gasteiger partial charge is 0.230 e. The first-order chi connectivity index (χ1) is 10.5. The van der Waals surface area contributed by atoms with Crippen LogP contribution in [0.1, 0.15) is 16.7 Å². The van der Waals surface area contributed by atoms with E-state index in [1.807, 2.05) is 37.3 Å². The highest BCUT2D eigenvalue weighted by atomic mass is 35.5. The topological polar surface area (TPSA) is 42.0 Å². The fourth-order valence-corrected chi connectivity index (χ4v) is 3.37. The Labute approximate surface area is 138 Å². The van der Waals surface area contributed by atoms with Crippen LogP contribution < -0.4 is 5.32 Å². The van der Waals surface area contributed by atoms with Gasteiger partial charge in [0.2, 0.25) is 5.91 Å². The molecular weight excluding hydrogens is 316 g/mol. The Balaban J connectivity index is 1.73. The number of hydrogen-bond acceptors (Lipinski definition) is 3. The van der Waals surface area contributed by atoms with E-state index in [9.17, 15) is 4.79 Å². The zero-order valence-electron chi connectivity index (χ0n) is 12.3. The predicted octanol–water partition coefficient (Wildman–Crippen LogP) is 4.75. The van der Waals surface area contributed by atoms with Crippen molar-refractivity contribution in [1.29, 1.82) is 0 Å². The van der Waals surface area contributed by atoms with E-state index in [1.54, 1.807) is 6.07 Å². The number of thiazole rings is 1. The molecule has 3 rings (SSSR count). The monoisotopic (exact) mass is 330 g/mol. The molecule has 5 heteroatoms. The molecule has 0 bridgehead atoms. The lowest BCUT2D eigenvalue weighted by molar-refractivity contribution is -0.115. The van der Waals surface area contributed by atoms with Crippen LogP contribution in [0, 0.1) is 13.8 Å². The Morgan fingerprint density at radius 1 is 1.18 bits per heavy atom. The molecule has 0 atom stereocenters. The van der Waals surface area contributed by atoms with Crippen LogP contribution in [0.15, 0.2) is 36.4 Å². The van der Waals surface area contributed by atoms with Crippen molar-refractivity contribution in [3.8, 4) is 0 Å². The number of anilines is 1. The van der Waals surface area contributed by atoms with Crippen molar-refractivity contribution >= 4 is 44.2 Å². The first-order valence-corrected chi connectivity index (χ1v) is 8.13. The second kappa shape index (κ2) is 6.07. The van der Waals surface area contributed by atoms with Crippen LogP contribution in [0.4, 0.5) is 5.13 Å². The average Bonchev–Trinajstić information content (AvgIpc) is 2.84. The van der Waals surface area contributed by atoms with E-state index in [4.69, 9.17) is 11.6 Å². The summed E-state index contributed by atoms with van der Waals surface area (Å²) in [6, 6.07) is 11.6. The lowest BCUT2D eigenvalue weighted by Crippen LogP contribution is -2.14. The standard InChI is InChI=1S/C17H15ClN2OS/c1-10-3-4-12(7-11(10)2)8-16(21)20-17-19-14-6-5-13(18)9-15(14)22-17/h3-7,9H,8H2,1-2H3,(H,19,20,21). The Morgan fingerprint density at radius 3 is 2.77 bits per heavy atom. The molecule has 112 valence electrons. The summed E-state index contributed by atoms with van der Waals surface area (Å²) in [6.07, 6.45) is 0.345. The van der Waals surface area contributed by atoms with Crippen molar-refractivity contribution in [1.82, 2.24) is 4.98 Å². The molecule has 1 amide bonds. The first-order valence-electron chi connectivity index (χ1n) is 6.93. The van der Waals surface area contributed by atoms with Gasteiger partial charge in [-0.15, -0.1) is 0 Å². The fraction of sp³-hybridized carbons (Fsp3) is 0.176. The van der Waals surface area contributed by atoms with Crippen molar-refractivity contribution in [3.63, 3.8) is 0 Å². The summed E-state index contributed by atoms with van der Waals surface area (Å²) >= 11 is 7.39. The number of amides is 1. The van der Waals surface area contributed by atoms with Crippen LogP contribution in [-0.4, -0.2) is 10.9 Å². The number of carbonyl (C=O) groups is 1. The molecule has 0 aliphatic heterocycles. The summed E-state index contributed by atoms with van der Waals surface area (Å²) in [5, 5.41) is 4.13. The number of fused-ring (bicyclic) bond motifs is 1. The molecule has 0 saturated heterocycles. The summed E-state index contributed by atoms with van der Waals surface area (Å²) in [7, 11) is 0. The van der Waals surface area contributed by atoms with E-state index in [2.05, 4.69) is 17.2 Å². The zero-order chi connectivity index (χ0) is 15.7. The highest BCUT2D eigenvalue weighted by Gasteiger charge is 2.09. The molecule has 1 N–H and O–H groups in total. The molecule has 0 fully saturated rings. The third-order valence-corrected chi connectivity index (χ3v) is 4.70. The number of hydrogen-bond donors (Lipinski definition) is 1. The molecule has 1 heterocycles. The van der Waals surface area contributed by atoms with Gasteiger partial charge in [-0.25, -0.2) is 4.98 Å². The highest BCUT2D eigenvalue weighted by molar-refractivity contribution is 7.22. The van der Waals surface area contributed by atoms with Gasteiger partial charge in [0.25, 0.3) is 0 Å². The quantitative estimate of drug-likeness (QED) is 0.753. The third kappa shape index (κ3) is 3.29. The Kier molecular flexibility index (Phi) is 4.14. The molecule has 1 aromatic heterocycles. The van der Waals surface area contributed by atoms with Gasteiger partial charge in [0, 0.05) is 5.02 Å². The van der Waals surface area contributed by atoms with E-state index in [0.29, 0.717) is 16.6 Å². The zero-order valence-corrected chi connectivity index (χ0v) is 13.9. The average molecular weight is 331 g/mol. The van der Waals surface area contributed by atoms with E-state index >= 15 is 0 Å². The summed E-state index contributed by atoms with van der Waals surface area (Å²) in [5.41, 5.74) is 4.27. The number of halogens is 1. The van der Waals surface area contributed by atoms with Crippen LogP contribution in [-0.2, 0) is 11.2 Å². The van der Waals surface area contributed by atoms with E-state index in [0.717, 1.165) is 15.8 Å². The molecule has 0 saturated carbocycles. The van der Waals surface area contributed by atoms with Gasteiger partial charge < -0.3 is 5.32 Å². The van der Waals surface area contributed by atoms with Crippen molar-refractivity contribution < 1.29 is 4.79 Å². The van der Waals surface area contributed by atoms with Crippen LogP contribution in [0.3, 0.4) is 0 Å². The summed E-state index contributed by atoms with van der Waals surface area (Å²) < 4.78 is 0.967.